The zero-order valence-electron chi connectivity index (χ0n) is 19.0. The number of aromatic nitrogens is 2. The Morgan fingerprint density at radius 2 is 1.68 bits per heavy atom. The maximum absolute atomic E-state index is 13.3. The van der Waals surface area contributed by atoms with E-state index in [4.69, 9.17) is 39.5 Å². The molecule has 0 fully saturated rings. The van der Waals surface area contributed by atoms with E-state index >= 15 is 0 Å². The minimum absolute atomic E-state index is 0.0356. The quantitative estimate of drug-likeness (QED) is 0.222. The molecular weight excluding hydrogens is 544 g/mol. The standard InChI is InChI=1S/C26H19Cl3FN3O4/c27-16-5-3-15(4-6-16)23-22(25(37-13-21(34)35)19-10-7-17(28)11-20(19)29)24(33-32-23)26(36)31-12-14-1-8-18(30)9-2-14/h1-11,25H,12-13H2,(H,31,36)(H,32,33)(H,34,35). The van der Waals surface area contributed by atoms with Gasteiger partial charge in [0.2, 0.25) is 0 Å². The highest BCUT2D eigenvalue weighted by molar-refractivity contribution is 6.35. The molecule has 1 heterocycles. The fraction of sp³-hybridized carbons (Fsp3) is 0.115. The highest BCUT2D eigenvalue weighted by Crippen LogP contribution is 2.39. The van der Waals surface area contributed by atoms with Gasteiger partial charge < -0.3 is 15.2 Å². The number of hydrogen-bond donors (Lipinski definition) is 3. The number of amides is 1. The van der Waals surface area contributed by atoms with Crippen molar-refractivity contribution in [3.63, 3.8) is 0 Å². The number of halogens is 4. The first-order valence-electron chi connectivity index (χ1n) is 10.9. The number of H-pyrrole nitrogens is 1. The average Bonchev–Trinajstić information content (AvgIpc) is 3.30. The molecule has 1 unspecified atom stereocenters. The molecular formula is C26H19Cl3FN3O4. The molecule has 7 nitrogen and oxygen atoms in total. The molecule has 37 heavy (non-hydrogen) atoms. The SMILES string of the molecule is O=C(O)COC(c1ccc(Cl)cc1Cl)c1c(-c2ccc(Cl)cc2)n[nH]c1C(=O)NCc1ccc(F)cc1. The van der Waals surface area contributed by atoms with E-state index in [-0.39, 0.29) is 22.8 Å². The van der Waals surface area contributed by atoms with Crippen molar-refractivity contribution in [2.24, 2.45) is 0 Å². The van der Waals surface area contributed by atoms with E-state index in [1.807, 2.05) is 0 Å². The Balaban J connectivity index is 1.80. The molecule has 190 valence electrons. The topological polar surface area (TPSA) is 104 Å². The van der Waals surface area contributed by atoms with Crippen molar-refractivity contribution in [1.82, 2.24) is 15.5 Å². The van der Waals surface area contributed by atoms with E-state index < -0.39 is 30.4 Å². The van der Waals surface area contributed by atoms with Crippen molar-refractivity contribution in [2.75, 3.05) is 6.61 Å². The first-order chi connectivity index (χ1) is 17.7. The number of ether oxygens (including phenoxy) is 1. The van der Waals surface area contributed by atoms with E-state index in [0.717, 1.165) is 0 Å². The van der Waals surface area contributed by atoms with Crippen LogP contribution in [0.3, 0.4) is 0 Å². The Morgan fingerprint density at radius 1 is 1.00 bits per heavy atom. The van der Waals surface area contributed by atoms with Gasteiger partial charge in [0.05, 0.1) is 5.69 Å². The molecule has 0 saturated carbocycles. The van der Waals surface area contributed by atoms with Gasteiger partial charge in [-0.2, -0.15) is 5.10 Å². The van der Waals surface area contributed by atoms with Crippen molar-refractivity contribution in [1.29, 1.82) is 0 Å². The van der Waals surface area contributed by atoms with Crippen LogP contribution >= 0.6 is 34.8 Å². The Kier molecular flexibility index (Phi) is 8.45. The molecule has 1 aromatic heterocycles. The van der Waals surface area contributed by atoms with Gasteiger partial charge in [-0.3, -0.25) is 9.89 Å². The van der Waals surface area contributed by atoms with Crippen molar-refractivity contribution >= 4 is 46.7 Å². The number of hydrogen-bond acceptors (Lipinski definition) is 4. The minimum atomic E-state index is -1.21. The summed E-state index contributed by atoms with van der Waals surface area (Å²) in [6.45, 7) is -0.568. The predicted molar refractivity (Wildman–Crippen MR) is 138 cm³/mol. The summed E-state index contributed by atoms with van der Waals surface area (Å²) in [4.78, 5) is 24.7. The van der Waals surface area contributed by atoms with Crippen molar-refractivity contribution in [3.05, 3.63) is 110 Å². The Morgan fingerprint density at radius 3 is 2.32 bits per heavy atom. The van der Waals surface area contributed by atoms with Crippen LogP contribution in [0.25, 0.3) is 11.3 Å². The van der Waals surface area contributed by atoms with Crippen LogP contribution < -0.4 is 5.32 Å². The van der Waals surface area contributed by atoms with Crippen molar-refractivity contribution < 1.29 is 23.8 Å². The zero-order valence-corrected chi connectivity index (χ0v) is 21.2. The van der Waals surface area contributed by atoms with E-state index in [1.54, 1.807) is 48.5 Å². The third-order valence-electron chi connectivity index (χ3n) is 5.40. The Hall–Kier alpha value is -3.43. The number of carbonyl (C=O) groups is 2. The number of carbonyl (C=O) groups excluding carboxylic acids is 1. The van der Waals surface area contributed by atoms with Gasteiger partial charge in [-0.05, 0) is 42.0 Å². The van der Waals surface area contributed by atoms with E-state index in [9.17, 15) is 19.1 Å². The van der Waals surface area contributed by atoms with Crippen LogP contribution in [-0.2, 0) is 16.1 Å². The first-order valence-corrected chi connectivity index (χ1v) is 12.0. The number of aromatic amines is 1. The normalized spacial score (nSPS) is 11.8. The number of carboxylic acid groups (broad SMARTS) is 1. The average molecular weight is 563 g/mol. The van der Waals surface area contributed by atoms with Gasteiger partial charge in [-0.1, -0.05) is 65.1 Å². The molecule has 3 N–H and O–H groups in total. The minimum Gasteiger partial charge on any atom is -0.480 e. The summed E-state index contributed by atoms with van der Waals surface area (Å²) in [5.74, 6) is -2.15. The highest BCUT2D eigenvalue weighted by Gasteiger charge is 2.31. The molecule has 1 atom stereocenters. The molecule has 4 rings (SSSR count). The van der Waals surface area contributed by atoms with Crippen molar-refractivity contribution in [2.45, 2.75) is 12.6 Å². The van der Waals surface area contributed by atoms with Crippen LogP contribution in [0.15, 0.2) is 66.7 Å². The van der Waals surface area contributed by atoms with Gasteiger partial charge >= 0.3 is 5.97 Å². The van der Waals surface area contributed by atoms with E-state index in [1.165, 1.54) is 18.2 Å². The van der Waals surface area contributed by atoms with Crippen molar-refractivity contribution in [3.8, 4) is 11.3 Å². The summed E-state index contributed by atoms with van der Waals surface area (Å²) in [5.41, 5.74) is 2.30. The van der Waals surface area contributed by atoms with Crippen LogP contribution in [0.4, 0.5) is 4.39 Å². The van der Waals surface area contributed by atoms with Gasteiger partial charge in [0.25, 0.3) is 5.91 Å². The molecule has 0 spiro atoms. The summed E-state index contributed by atoms with van der Waals surface area (Å²) in [6, 6.07) is 17.1. The number of benzene rings is 3. The summed E-state index contributed by atoms with van der Waals surface area (Å²) in [7, 11) is 0. The van der Waals surface area contributed by atoms with Gasteiger partial charge in [0, 0.05) is 38.3 Å². The van der Waals surface area contributed by atoms with Gasteiger partial charge in [-0.25, -0.2) is 9.18 Å². The lowest BCUT2D eigenvalue weighted by atomic mass is 9.95. The second-order valence-electron chi connectivity index (χ2n) is 7.93. The monoisotopic (exact) mass is 561 g/mol. The Bertz CT molecular complexity index is 1430. The summed E-state index contributed by atoms with van der Waals surface area (Å²) in [6.07, 6.45) is -1.10. The number of nitrogens with one attached hydrogen (secondary N) is 2. The molecule has 11 heteroatoms. The highest BCUT2D eigenvalue weighted by atomic mass is 35.5. The molecule has 1 amide bonds. The second-order valence-corrected chi connectivity index (χ2v) is 9.21. The summed E-state index contributed by atoms with van der Waals surface area (Å²) < 4.78 is 19.0. The molecule has 0 aliphatic heterocycles. The zero-order chi connectivity index (χ0) is 26.5. The van der Waals surface area contributed by atoms with E-state index in [0.29, 0.717) is 32.4 Å². The lowest BCUT2D eigenvalue weighted by Gasteiger charge is -2.21. The first kappa shape index (κ1) is 26.6. The molecule has 0 saturated heterocycles. The van der Waals surface area contributed by atoms with Crippen LogP contribution in [-0.4, -0.2) is 33.8 Å². The van der Waals surface area contributed by atoms with Crippen LogP contribution in [0.1, 0.15) is 33.3 Å². The summed E-state index contributed by atoms with van der Waals surface area (Å²) in [5, 5.41) is 20.3. The summed E-state index contributed by atoms with van der Waals surface area (Å²) >= 11 is 18.6. The largest absolute Gasteiger partial charge is 0.480 e. The molecule has 0 radical (unpaired) electrons. The molecule has 4 aromatic rings. The fourth-order valence-corrected chi connectivity index (χ4v) is 4.31. The molecule has 3 aromatic carbocycles. The predicted octanol–water partition coefficient (Wildman–Crippen LogP) is 6.30. The third kappa shape index (κ3) is 6.47. The van der Waals surface area contributed by atoms with Crippen LogP contribution in [0.5, 0.6) is 0 Å². The van der Waals surface area contributed by atoms with Crippen LogP contribution in [0.2, 0.25) is 15.1 Å². The second kappa shape index (κ2) is 11.7. The number of carboxylic acids is 1. The number of aliphatic carboxylic acids is 1. The maximum Gasteiger partial charge on any atom is 0.329 e. The van der Waals surface area contributed by atoms with Gasteiger partial charge in [0.1, 0.15) is 24.2 Å². The lowest BCUT2D eigenvalue weighted by molar-refractivity contribution is -0.143. The molecule has 0 aliphatic rings. The van der Waals surface area contributed by atoms with Gasteiger partial charge in [-0.15, -0.1) is 0 Å². The van der Waals surface area contributed by atoms with Crippen LogP contribution in [0, 0.1) is 5.82 Å². The third-order valence-corrected chi connectivity index (χ3v) is 6.21. The number of rotatable bonds is 9. The smallest absolute Gasteiger partial charge is 0.329 e. The lowest BCUT2D eigenvalue weighted by Crippen LogP contribution is -2.26. The maximum atomic E-state index is 13.3. The Labute approximate surface area is 226 Å². The van der Waals surface area contributed by atoms with E-state index in [2.05, 4.69) is 15.5 Å². The fourth-order valence-electron chi connectivity index (χ4n) is 3.68. The number of nitrogens with zero attached hydrogens (tertiary/aromatic N) is 1. The van der Waals surface area contributed by atoms with Gasteiger partial charge in [0.15, 0.2) is 0 Å². The molecule has 0 bridgehead atoms. The molecule has 0 aliphatic carbocycles.